The van der Waals surface area contributed by atoms with Gasteiger partial charge in [-0.25, -0.2) is 9.37 Å². The summed E-state index contributed by atoms with van der Waals surface area (Å²) in [5.74, 6) is -0.319. The molecule has 0 aliphatic carbocycles. The number of imidazole rings is 1. The first-order chi connectivity index (χ1) is 11.6. The number of halogens is 1. The average Bonchev–Trinajstić information content (AvgIpc) is 3.00. The van der Waals surface area contributed by atoms with E-state index in [0.717, 1.165) is 17.7 Å². The summed E-state index contributed by atoms with van der Waals surface area (Å²) in [5, 5.41) is 0. The van der Waals surface area contributed by atoms with Gasteiger partial charge in [0.25, 0.3) is 0 Å². The van der Waals surface area contributed by atoms with Crippen molar-refractivity contribution in [2.24, 2.45) is 5.73 Å². The molecule has 0 unspecified atom stereocenters. The Labute approximate surface area is 139 Å². The summed E-state index contributed by atoms with van der Waals surface area (Å²) in [6, 6.07) is 9.68. The van der Waals surface area contributed by atoms with Crippen molar-refractivity contribution < 1.29 is 13.9 Å². The van der Waals surface area contributed by atoms with E-state index in [1.54, 1.807) is 23.6 Å². The van der Waals surface area contributed by atoms with E-state index in [-0.39, 0.29) is 5.82 Å². The van der Waals surface area contributed by atoms with Gasteiger partial charge in [0.15, 0.2) is 6.29 Å². The number of hydrogen-bond acceptors (Lipinski definition) is 4. The van der Waals surface area contributed by atoms with Crippen molar-refractivity contribution >= 4 is 11.9 Å². The zero-order valence-corrected chi connectivity index (χ0v) is 13.7. The number of rotatable bonds is 4. The van der Waals surface area contributed by atoms with E-state index in [9.17, 15) is 9.18 Å². The van der Waals surface area contributed by atoms with Gasteiger partial charge in [-0.1, -0.05) is 0 Å². The minimum atomic E-state index is -0.319. The monoisotopic (exact) mass is 329 g/mol. The molecule has 5 nitrogen and oxygen atoms in total. The SMILES string of the molecule is CCOC.NCc1ccn2c(-c3ccc(F)cc3)c(C=O)nc2c1. The first-order valence-corrected chi connectivity index (χ1v) is 7.55. The topological polar surface area (TPSA) is 69.6 Å². The number of pyridine rings is 1. The van der Waals surface area contributed by atoms with Crippen LogP contribution in [-0.2, 0) is 11.3 Å². The highest BCUT2D eigenvalue weighted by Crippen LogP contribution is 2.25. The Morgan fingerprint density at radius 1 is 1.29 bits per heavy atom. The second kappa shape index (κ2) is 8.33. The molecule has 0 saturated heterocycles. The molecule has 3 aromatic rings. The highest BCUT2D eigenvalue weighted by Gasteiger charge is 2.13. The molecule has 0 amide bonds. The quantitative estimate of drug-likeness (QED) is 0.747. The van der Waals surface area contributed by atoms with Crippen LogP contribution in [0.4, 0.5) is 4.39 Å². The molecule has 0 radical (unpaired) electrons. The molecule has 0 bridgehead atoms. The smallest absolute Gasteiger partial charge is 0.170 e. The molecule has 2 N–H and O–H groups in total. The molecule has 0 atom stereocenters. The minimum Gasteiger partial charge on any atom is -0.385 e. The number of nitrogens with zero attached hydrogens (tertiary/aromatic N) is 2. The molecular weight excluding hydrogens is 309 g/mol. The van der Waals surface area contributed by atoms with Crippen molar-refractivity contribution in [1.82, 2.24) is 9.38 Å². The molecule has 2 aromatic heterocycles. The highest BCUT2D eigenvalue weighted by atomic mass is 19.1. The summed E-state index contributed by atoms with van der Waals surface area (Å²) in [6.45, 7) is 3.19. The fourth-order valence-electron chi connectivity index (χ4n) is 2.21. The van der Waals surface area contributed by atoms with Crippen LogP contribution in [0.2, 0.25) is 0 Å². The van der Waals surface area contributed by atoms with Crippen LogP contribution >= 0.6 is 0 Å². The van der Waals surface area contributed by atoms with Gasteiger partial charge in [0, 0.05) is 32.0 Å². The molecule has 0 spiro atoms. The zero-order valence-electron chi connectivity index (χ0n) is 13.7. The summed E-state index contributed by atoms with van der Waals surface area (Å²) in [4.78, 5) is 15.5. The molecule has 1 aromatic carbocycles. The molecule has 24 heavy (non-hydrogen) atoms. The minimum absolute atomic E-state index is 0.319. The van der Waals surface area contributed by atoms with Crippen molar-refractivity contribution in [3.63, 3.8) is 0 Å². The average molecular weight is 329 g/mol. The van der Waals surface area contributed by atoms with Gasteiger partial charge in [-0.15, -0.1) is 0 Å². The molecule has 0 fully saturated rings. The maximum absolute atomic E-state index is 13.0. The summed E-state index contributed by atoms with van der Waals surface area (Å²) in [5.41, 5.74) is 8.89. The number of benzene rings is 1. The second-order valence-corrected chi connectivity index (χ2v) is 5.02. The Hall–Kier alpha value is -2.57. The van der Waals surface area contributed by atoms with E-state index in [1.165, 1.54) is 12.1 Å². The summed E-state index contributed by atoms with van der Waals surface area (Å²) in [6.07, 6.45) is 2.52. The Morgan fingerprint density at radius 2 is 1.96 bits per heavy atom. The number of carbonyl (C=O) groups excluding carboxylic acids is 1. The summed E-state index contributed by atoms with van der Waals surface area (Å²) < 4.78 is 19.4. The Bertz CT molecular complexity index is 811. The number of carbonyl (C=O) groups is 1. The molecular formula is C18H20FN3O2. The van der Waals surface area contributed by atoms with Crippen molar-refractivity contribution in [3.8, 4) is 11.3 Å². The predicted molar refractivity (Wildman–Crippen MR) is 91.4 cm³/mol. The predicted octanol–water partition coefficient (Wildman–Crippen LogP) is 3.06. The summed E-state index contributed by atoms with van der Waals surface area (Å²) >= 11 is 0. The van der Waals surface area contributed by atoms with Crippen LogP contribution in [0.3, 0.4) is 0 Å². The molecule has 0 saturated carbocycles. The number of methoxy groups -OCH3 is 1. The number of aldehydes is 1. The van der Waals surface area contributed by atoms with Crippen LogP contribution in [0.5, 0.6) is 0 Å². The zero-order chi connectivity index (χ0) is 17.5. The van der Waals surface area contributed by atoms with Gasteiger partial charge in [0.05, 0.1) is 5.69 Å². The number of ether oxygens (including phenoxy) is 1. The largest absolute Gasteiger partial charge is 0.385 e. The van der Waals surface area contributed by atoms with Crippen LogP contribution < -0.4 is 5.73 Å². The van der Waals surface area contributed by atoms with Gasteiger partial charge < -0.3 is 10.5 Å². The number of nitrogens with two attached hydrogens (primary N) is 1. The maximum atomic E-state index is 13.0. The molecule has 3 rings (SSSR count). The van der Waals surface area contributed by atoms with Crippen molar-refractivity contribution in [1.29, 1.82) is 0 Å². The van der Waals surface area contributed by atoms with Crippen molar-refractivity contribution in [2.45, 2.75) is 13.5 Å². The lowest BCUT2D eigenvalue weighted by molar-refractivity contribution is 0.112. The Kier molecular flexibility index (Phi) is 6.17. The van der Waals surface area contributed by atoms with Crippen LogP contribution in [0.15, 0.2) is 42.6 Å². The Balaban J connectivity index is 0.000000471. The van der Waals surface area contributed by atoms with E-state index < -0.39 is 0 Å². The van der Waals surface area contributed by atoms with Crippen LogP contribution in [0.1, 0.15) is 23.0 Å². The maximum Gasteiger partial charge on any atom is 0.170 e. The van der Waals surface area contributed by atoms with Crippen LogP contribution in [0, 0.1) is 5.82 Å². The fourth-order valence-corrected chi connectivity index (χ4v) is 2.21. The molecule has 0 aliphatic rings. The molecule has 0 aliphatic heterocycles. The van der Waals surface area contributed by atoms with Crippen LogP contribution in [-0.4, -0.2) is 29.4 Å². The van der Waals surface area contributed by atoms with E-state index in [1.807, 2.05) is 25.3 Å². The van der Waals surface area contributed by atoms with Crippen molar-refractivity contribution in [2.75, 3.05) is 13.7 Å². The number of hydrogen-bond donors (Lipinski definition) is 1. The van der Waals surface area contributed by atoms with Crippen molar-refractivity contribution in [3.05, 3.63) is 59.7 Å². The van der Waals surface area contributed by atoms with Gasteiger partial charge in [-0.2, -0.15) is 0 Å². The fraction of sp³-hybridized carbons (Fsp3) is 0.222. The van der Waals surface area contributed by atoms with Gasteiger partial charge in [-0.05, 0) is 48.9 Å². The lowest BCUT2D eigenvalue weighted by atomic mass is 10.1. The summed E-state index contributed by atoms with van der Waals surface area (Å²) in [7, 11) is 1.68. The third-order valence-corrected chi connectivity index (χ3v) is 3.47. The third-order valence-electron chi connectivity index (χ3n) is 3.47. The lowest BCUT2D eigenvalue weighted by Gasteiger charge is -2.04. The molecule has 126 valence electrons. The van der Waals surface area contributed by atoms with Gasteiger partial charge in [0.2, 0.25) is 0 Å². The van der Waals surface area contributed by atoms with Gasteiger partial charge in [0.1, 0.15) is 17.2 Å². The highest BCUT2D eigenvalue weighted by molar-refractivity contribution is 5.86. The Morgan fingerprint density at radius 3 is 2.50 bits per heavy atom. The number of fused-ring (bicyclic) bond motifs is 1. The van der Waals surface area contributed by atoms with E-state index in [0.29, 0.717) is 29.9 Å². The van der Waals surface area contributed by atoms with Gasteiger partial charge in [-0.3, -0.25) is 9.20 Å². The van der Waals surface area contributed by atoms with E-state index >= 15 is 0 Å². The third kappa shape index (κ3) is 3.84. The van der Waals surface area contributed by atoms with E-state index in [4.69, 9.17) is 5.73 Å². The standard InChI is InChI=1S/C15H12FN3O.C3H8O/c16-12-3-1-11(2-4-12)15-13(9-20)18-14-7-10(8-17)5-6-19(14)15;1-3-4-2/h1-7,9H,8,17H2;3H2,1-2H3. The molecule has 2 heterocycles. The first-order valence-electron chi connectivity index (χ1n) is 7.55. The molecule has 6 heteroatoms. The van der Waals surface area contributed by atoms with Gasteiger partial charge >= 0.3 is 0 Å². The number of aromatic nitrogens is 2. The lowest BCUT2D eigenvalue weighted by Crippen LogP contribution is -1.97. The second-order valence-electron chi connectivity index (χ2n) is 5.02. The normalized spacial score (nSPS) is 10.3. The van der Waals surface area contributed by atoms with Crippen LogP contribution in [0.25, 0.3) is 16.9 Å². The first kappa shape index (κ1) is 17.8. The van der Waals surface area contributed by atoms with E-state index in [2.05, 4.69) is 9.72 Å².